The van der Waals surface area contributed by atoms with Crippen LogP contribution >= 0.6 is 11.6 Å². The summed E-state index contributed by atoms with van der Waals surface area (Å²) in [6, 6.07) is 0. The monoisotopic (exact) mass is 306 g/mol. The van der Waals surface area contributed by atoms with E-state index in [1.165, 1.54) is 42.3 Å². The van der Waals surface area contributed by atoms with Crippen LogP contribution in [0.1, 0.15) is 56.2 Å². The second-order valence-electron chi connectivity index (χ2n) is 5.88. The normalized spacial score (nSPS) is 18.1. The van der Waals surface area contributed by atoms with Gasteiger partial charge < -0.3 is 5.73 Å². The third-order valence-corrected chi connectivity index (χ3v) is 4.76. The minimum absolute atomic E-state index is 0.581. The number of aryl methyl sites for hydroxylation is 2. The summed E-state index contributed by atoms with van der Waals surface area (Å²) in [6.45, 7) is 2.96. The van der Waals surface area contributed by atoms with Gasteiger partial charge in [-0.15, -0.1) is 11.6 Å². The zero-order valence-electron chi connectivity index (χ0n) is 12.6. The average molecular weight is 307 g/mol. The van der Waals surface area contributed by atoms with E-state index in [9.17, 15) is 0 Å². The first-order valence-electron chi connectivity index (χ1n) is 7.96. The number of aromatic nitrogens is 3. The Morgan fingerprint density at radius 2 is 2.29 bits per heavy atom. The first-order chi connectivity index (χ1) is 10.2. The lowest BCUT2D eigenvalue weighted by Crippen LogP contribution is -2.13. The van der Waals surface area contributed by atoms with Gasteiger partial charge in [0.2, 0.25) is 0 Å². The van der Waals surface area contributed by atoms with Crippen LogP contribution in [0.15, 0.2) is 6.20 Å². The second kappa shape index (κ2) is 6.22. The highest BCUT2D eigenvalue weighted by atomic mass is 35.5. The number of nitrogen functional groups attached to an aromatic ring is 1. The largest absolute Gasteiger partial charge is 0.382 e. The summed E-state index contributed by atoms with van der Waals surface area (Å²) >= 11 is 5.82. The van der Waals surface area contributed by atoms with Gasteiger partial charge in [0.15, 0.2) is 5.82 Å². The molecule has 0 bridgehead atoms. The summed E-state index contributed by atoms with van der Waals surface area (Å²) in [5, 5.41) is 5.80. The van der Waals surface area contributed by atoms with E-state index in [0.29, 0.717) is 11.7 Å². The van der Waals surface area contributed by atoms with Gasteiger partial charge in [-0.1, -0.05) is 6.42 Å². The van der Waals surface area contributed by atoms with E-state index in [0.717, 1.165) is 30.8 Å². The molecule has 4 nitrogen and oxygen atoms in total. The van der Waals surface area contributed by atoms with Crippen molar-refractivity contribution in [2.75, 3.05) is 11.6 Å². The summed E-state index contributed by atoms with van der Waals surface area (Å²) in [4.78, 5) is 4.64. The molecule has 1 aliphatic rings. The van der Waals surface area contributed by atoms with E-state index >= 15 is 0 Å². The topological polar surface area (TPSA) is 56.7 Å². The third-order valence-electron chi connectivity index (χ3n) is 4.50. The van der Waals surface area contributed by atoms with Gasteiger partial charge in [0, 0.05) is 29.7 Å². The Morgan fingerprint density at radius 1 is 1.43 bits per heavy atom. The lowest BCUT2D eigenvalue weighted by Gasteiger charge is -2.25. The number of hydrogen-bond donors (Lipinski definition) is 1. The highest BCUT2D eigenvalue weighted by molar-refractivity contribution is 6.17. The van der Waals surface area contributed by atoms with Gasteiger partial charge in [-0.05, 0) is 50.5 Å². The fraction of sp³-hybridized carbons (Fsp3) is 0.625. The van der Waals surface area contributed by atoms with Gasteiger partial charge in [0.05, 0.1) is 0 Å². The van der Waals surface area contributed by atoms with Gasteiger partial charge in [-0.2, -0.15) is 5.10 Å². The van der Waals surface area contributed by atoms with E-state index in [1.54, 1.807) is 0 Å². The number of nitrogens with two attached hydrogens (primary N) is 1. The van der Waals surface area contributed by atoms with Crippen LogP contribution in [0, 0.1) is 0 Å². The summed E-state index contributed by atoms with van der Waals surface area (Å²) < 4.78 is 1.97. The van der Waals surface area contributed by atoms with Crippen LogP contribution in [0.4, 0.5) is 5.82 Å². The molecule has 3 rings (SSSR count). The molecule has 0 saturated carbocycles. The average Bonchev–Trinajstić information content (AvgIpc) is 2.92. The van der Waals surface area contributed by atoms with Crippen molar-refractivity contribution in [3.05, 3.63) is 17.5 Å². The summed E-state index contributed by atoms with van der Waals surface area (Å²) in [5.74, 6) is 1.92. The minimum Gasteiger partial charge on any atom is -0.382 e. The van der Waals surface area contributed by atoms with Crippen LogP contribution in [0.2, 0.25) is 0 Å². The summed E-state index contributed by atoms with van der Waals surface area (Å²) in [5.41, 5.74) is 9.58. The van der Waals surface area contributed by atoms with Crippen LogP contribution in [0.3, 0.4) is 0 Å². The van der Waals surface area contributed by atoms with Crippen LogP contribution < -0.4 is 5.73 Å². The maximum atomic E-state index is 6.11. The second-order valence-corrected chi connectivity index (χ2v) is 6.26. The molecule has 5 heteroatoms. The number of alkyl halides is 1. The van der Waals surface area contributed by atoms with Crippen LogP contribution in [0.5, 0.6) is 0 Å². The lowest BCUT2D eigenvalue weighted by atomic mass is 9.81. The fourth-order valence-electron chi connectivity index (χ4n) is 3.46. The standard InChI is InChI=1S/C16H23ClN4/c1-2-21-10-12-14-11(6-3-4-9-17)7-5-8-13(14)19-16(18)15(12)20-21/h10-11H,2-9H2,1H3,(H2,18,19). The molecule has 2 N–H and O–H groups in total. The van der Waals surface area contributed by atoms with E-state index in [4.69, 9.17) is 17.3 Å². The molecule has 0 aliphatic heterocycles. The quantitative estimate of drug-likeness (QED) is 0.674. The molecule has 21 heavy (non-hydrogen) atoms. The molecule has 2 heterocycles. The zero-order chi connectivity index (χ0) is 14.8. The van der Waals surface area contributed by atoms with E-state index in [1.807, 2.05) is 4.68 Å². The van der Waals surface area contributed by atoms with Crippen molar-refractivity contribution in [3.63, 3.8) is 0 Å². The predicted molar refractivity (Wildman–Crippen MR) is 87.9 cm³/mol. The Hall–Kier alpha value is -1.29. The molecule has 2 aromatic rings. The smallest absolute Gasteiger partial charge is 0.152 e. The van der Waals surface area contributed by atoms with Gasteiger partial charge >= 0.3 is 0 Å². The van der Waals surface area contributed by atoms with Crippen molar-refractivity contribution in [2.24, 2.45) is 0 Å². The van der Waals surface area contributed by atoms with Crippen LogP contribution in [0.25, 0.3) is 10.9 Å². The van der Waals surface area contributed by atoms with Crippen molar-refractivity contribution < 1.29 is 0 Å². The molecule has 1 unspecified atom stereocenters. The van der Waals surface area contributed by atoms with Crippen molar-refractivity contribution in [1.29, 1.82) is 0 Å². The molecule has 0 spiro atoms. The van der Waals surface area contributed by atoms with Crippen LogP contribution in [-0.4, -0.2) is 20.6 Å². The number of rotatable bonds is 5. The summed E-state index contributed by atoms with van der Waals surface area (Å²) in [7, 11) is 0. The predicted octanol–water partition coefficient (Wildman–Crippen LogP) is 3.86. The number of halogens is 1. The maximum Gasteiger partial charge on any atom is 0.152 e. The molecule has 1 atom stereocenters. The first-order valence-corrected chi connectivity index (χ1v) is 8.49. The summed E-state index contributed by atoms with van der Waals surface area (Å²) in [6.07, 6.45) is 9.10. The Labute approximate surface area is 130 Å². The number of hydrogen-bond acceptors (Lipinski definition) is 3. The number of unbranched alkanes of at least 4 members (excludes halogenated alkanes) is 1. The highest BCUT2D eigenvalue weighted by Gasteiger charge is 2.25. The zero-order valence-corrected chi connectivity index (χ0v) is 13.4. The molecule has 2 aromatic heterocycles. The Kier molecular flexibility index (Phi) is 4.34. The SMILES string of the molecule is CCn1cc2c3c(nc(N)c2n1)CCCC3CCCCCl. The van der Waals surface area contributed by atoms with Crippen molar-refractivity contribution in [2.45, 2.75) is 57.9 Å². The highest BCUT2D eigenvalue weighted by Crippen LogP contribution is 2.39. The number of pyridine rings is 1. The van der Waals surface area contributed by atoms with Gasteiger partial charge in [-0.3, -0.25) is 4.68 Å². The first kappa shape index (κ1) is 14.6. The van der Waals surface area contributed by atoms with E-state index < -0.39 is 0 Å². The molecule has 0 radical (unpaired) electrons. The molecule has 0 fully saturated rings. The third kappa shape index (κ3) is 2.73. The minimum atomic E-state index is 0.581. The van der Waals surface area contributed by atoms with Gasteiger partial charge in [0.25, 0.3) is 0 Å². The molecule has 0 saturated heterocycles. The fourth-order valence-corrected chi connectivity index (χ4v) is 3.65. The van der Waals surface area contributed by atoms with E-state index in [2.05, 4.69) is 23.2 Å². The maximum absolute atomic E-state index is 6.11. The molecule has 0 amide bonds. The van der Waals surface area contributed by atoms with Crippen molar-refractivity contribution in [1.82, 2.24) is 14.8 Å². The number of anilines is 1. The van der Waals surface area contributed by atoms with Gasteiger partial charge in [-0.25, -0.2) is 4.98 Å². The molecular formula is C16H23ClN4. The van der Waals surface area contributed by atoms with Crippen LogP contribution in [-0.2, 0) is 13.0 Å². The molecule has 0 aromatic carbocycles. The molecular weight excluding hydrogens is 284 g/mol. The molecule has 1 aliphatic carbocycles. The molecule has 114 valence electrons. The van der Waals surface area contributed by atoms with E-state index in [-0.39, 0.29) is 0 Å². The van der Waals surface area contributed by atoms with Crippen molar-refractivity contribution >= 4 is 28.3 Å². The van der Waals surface area contributed by atoms with Gasteiger partial charge in [0.1, 0.15) is 5.52 Å². The lowest BCUT2D eigenvalue weighted by molar-refractivity contribution is 0.500. The number of fused-ring (bicyclic) bond motifs is 3. The Morgan fingerprint density at radius 3 is 3.05 bits per heavy atom. The van der Waals surface area contributed by atoms with Crippen molar-refractivity contribution in [3.8, 4) is 0 Å². The number of nitrogens with zero attached hydrogens (tertiary/aromatic N) is 3. The Balaban J connectivity index is 2.04. The Bertz CT molecular complexity index is 635.